The molecule has 3 nitrogen and oxygen atoms in total. The molecule has 0 unspecified atom stereocenters. The molecule has 2 aromatic rings. The van der Waals surface area contributed by atoms with Crippen LogP contribution in [0.15, 0.2) is 42.5 Å². The van der Waals surface area contributed by atoms with Crippen molar-refractivity contribution in [1.29, 1.82) is 0 Å². The van der Waals surface area contributed by atoms with Crippen LogP contribution < -0.4 is 10.1 Å². The summed E-state index contributed by atoms with van der Waals surface area (Å²) in [6.07, 6.45) is -4.58. The minimum atomic E-state index is -4.58. The second-order valence-electron chi connectivity index (χ2n) is 4.56. The van der Waals surface area contributed by atoms with Crippen molar-refractivity contribution in [2.45, 2.75) is 12.8 Å². The molecule has 0 bridgehead atoms. The van der Waals surface area contributed by atoms with Gasteiger partial charge in [0, 0.05) is 11.3 Å². The number of carbonyl (C=O) groups is 1. The molecule has 0 saturated heterocycles. The summed E-state index contributed by atoms with van der Waals surface area (Å²) in [5.41, 5.74) is -1.06. The lowest BCUT2D eigenvalue weighted by atomic mass is 10.1. The van der Waals surface area contributed by atoms with Crippen LogP contribution in [-0.4, -0.2) is 12.5 Å². The predicted octanol–water partition coefficient (Wildman–Crippen LogP) is 5.21. The fourth-order valence-corrected chi connectivity index (χ4v) is 2.04. The standard InChI is InChI=1S/C15H9ClF5NO2/c16-11-7-10(4-5-12(11)24-14(17)18)22-13(23)8-2-1-3-9(6-8)15(19,20)21/h1-7,14H,(H,22,23). The Labute approximate surface area is 138 Å². The van der Waals surface area contributed by atoms with Gasteiger partial charge in [0.15, 0.2) is 0 Å². The highest BCUT2D eigenvalue weighted by atomic mass is 35.5. The number of alkyl halides is 5. The highest BCUT2D eigenvalue weighted by Gasteiger charge is 2.30. The van der Waals surface area contributed by atoms with E-state index in [0.29, 0.717) is 6.07 Å². The van der Waals surface area contributed by atoms with Crippen molar-refractivity contribution in [3.8, 4) is 5.75 Å². The molecule has 128 valence electrons. The van der Waals surface area contributed by atoms with Crippen LogP contribution in [0.3, 0.4) is 0 Å². The molecule has 0 aliphatic rings. The third-order valence-corrected chi connectivity index (χ3v) is 3.15. The van der Waals surface area contributed by atoms with Gasteiger partial charge in [-0.1, -0.05) is 17.7 Å². The van der Waals surface area contributed by atoms with Crippen molar-refractivity contribution in [2.24, 2.45) is 0 Å². The third kappa shape index (κ3) is 4.58. The van der Waals surface area contributed by atoms with Crippen molar-refractivity contribution in [3.63, 3.8) is 0 Å². The zero-order valence-corrected chi connectivity index (χ0v) is 12.5. The summed E-state index contributed by atoms with van der Waals surface area (Å²) in [5.74, 6) is -1.09. The van der Waals surface area contributed by atoms with E-state index in [4.69, 9.17) is 11.6 Å². The van der Waals surface area contributed by atoms with E-state index in [-0.39, 0.29) is 22.0 Å². The van der Waals surface area contributed by atoms with E-state index in [1.165, 1.54) is 12.1 Å². The number of carbonyl (C=O) groups excluding carboxylic acids is 1. The van der Waals surface area contributed by atoms with Gasteiger partial charge in [0.25, 0.3) is 5.91 Å². The van der Waals surface area contributed by atoms with Gasteiger partial charge in [-0.3, -0.25) is 4.79 Å². The molecule has 0 aromatic heterocycles. The second-order valence-corrected chi connectivity index (χ2v) is 4.96. The van der Waals surface area contributed by atoms with E-state index in [9.17, 15) is 26.7 Å². The average molecular weight is 366 g/mol. The molecule has 1 N–H and O–H groups in total. The second kappa shape index (κ2) is 7.04. The molecule has 2 aromatic carbocycles. The minimum absolute atomic E-state index is 0.115. The third-order valence-electron chi connectivity index (χ3n) is 2.86. The van der Waals surface area contributed by atoms with E-state index in [1.807, 2.05) is 0 Å². The normalized spacial score (nSPS) is 11.5. The number of nitrogens with one attached hydrogen (secondary N) is 1. The molecule has 9 heteroatoms. The fraction of sp³-hybridized carbons (Fsp3) is 0.133. The number of rotatable bonds is 4. The van der Waals surface area contributed by atoms with E-state index in [1.54, 1.807) is 0 Å². The summed E-state index contributed by atoms with van der Waals surface area (Å²) in [6, 6.07) is 7.33. The van der Waals surface area contributed by atoms with Gasteiger partial charge < -0.3 is 10.1 Å². The van der Waals surface area contributed by atoms with Gasteiger partial charge in [0.05, 0.1) is 10.6 Å². The first-order valence-electron chi connectivity index (χ1n) is 6.40. The first kappa shape index (κ1) is 18.0. The highest BCUT2D eigenvalue weighted by molar-refractivity contribution is 6.32. The van der Waals surface area contributed by atoms with Crippen molar-refractivity contribution in [1.82, 2.24) is 0 Å². The molecule has 0 aliphatic heterocycles. The van der Waals surface area contributed by atoms with Gasteiger partial charge in [-0.15, -0.1) is 0 Å². The van der Waals surface area contributed by atoms with E-state index in [0.717, 1.165) is 24.3 Å². The van der Waals surface area contributed by atoms with Gasteiger partial charge in [0.1, 0.15) is 5.75 Å². The van der Waals surface area contributed by atoms with Crippen LogP contribution in [0.5, 0.6) is 5.75 Å². The fourth-order valence-electron chi connectivity index (χ4n) is 1.81. The highest BCUT2D eigenvalue weighted by Crippen LogP contribution is 2.31. The molecule has 24 heavy (non-hydrogen) atoms. The Balaban J connectivity index is 2.17. The summed E-state index contributed by atoms with van der Waals surface area (Å²) in [7, 11) is 0. The van der Waals surface area contributed by atoms with Crippen molar-refractivity contribution in [2.75, 3.05) is 5.32 Å². The Morgan fingerprint density at radius 3 is 2.42 bits per heavy atom. The summed E-state index contributed by atoms with van der Waals surface area (Å²) in [6.45, 7) is -3.06. The zero-order valence-electron chi connectivity index (χ0n) is 11.7. The maximum atomic E-state index is 12.6. The van der Waals surface area contributed by atoms with E-state index < -0.39 is 24.3 Å². The Kier molecular flexibility index (Phi) is 5.28. The Morgan fingerprint density at radius 2 is 1.83 bits per heavy atom. The lowest BCUT2D eigenvalue weighted by molar-refractivity contribution is -0.137. The Hall–Kier alpha value is -2.35. The van der Waals surface area contributed by atoms with Crippen LogP contribution in [0.4, 0.5) is 27.6 Å². The van der Waals surface area contributed by atoms with Crippen molar-refractivity contribution < 1.29 is 31.5 Å². The molecule has 0 radical (unpaired) electrons. The average Bonchev–Trinajstić information content (AvgIpc) is 2.49. The van der Waals surface area contributed by atoms with Gasteiger partial charge >= 0.3 is 12.8 Å². The van der Waals surface area contributed by atoms with Gasteiger partial charge in [-0.25, -0.2) is 0 Å². The van der Waals surface area contributed by atoms with Gasteiger partial charge in [-0.2, -0.15) is 22.0 Å². The minimum Gasteiger partial charge on any atom is -0.433 e. The summed E-state index contributed by atoms with van der Waals surface area (Å²) < 4.78 is 66.3. The predicted molar refractivity (Wildman–Crippen MR) is 77.5 cm³/mol. The van der Waals surface area contributed by atoms with Crippen LogP contribution in [0, 0.1) is 0 Å². The summed E-state index contributed by atoms with van der Waals surface area (Å²) >= 11 is 5.73. The lowest BCUT2D eigenvalue weighted by Crippen LogP contribution is -2.14. The van der Waals surface area contributed by atoms with Gasteiger partial charge in [0.2, 0.25) is 0 Å². The largest absolute Gasteiger partial charge is 0.433 e. The molecule has 2 rings (SSSR count). The van der Waals surface area contributed by atoms with Gasteiger partial charge in [-0.05, 0) is 36.4 Å². The first-order valence-corrected chi connectivity index (χ1v) is 6.77. The molecule has 0 fully saturated rings. The van der Waals surface area contributed by atoms with Crippen LogP contribution >= 0.6 is 11.6 Å². The number of amides is 1. The zero-order chi connectivity index (χ0) is 17.9. The SMILES string of the molecule is O=C(Nc1ccc(OC(F)F)c(Cl)c1)c1cccc(C(F)(F)F)c1. The maximum Gasteiger partial charge on any atom is 0.416 e. The lowest BCUT2D eigenvalue weighted by Gasteiger charge is -2.11. The van der Waals surface area contributed by atoms with E-state index >= 15 is 0 Å². The number of hydrogen-bond donors (Lipinski definition) is 1. The maximum absolute atomic E-state index is 12.6. The number of hydrogen-bond acceptors (Lipinski definition) is 2. The van der Waals surface area contributed by atoms with Crippen LogP contribution in [-0.2, 0) is 6.18 Å². The molecule has 0 saturated carbocycles. The number of ether oxygens (including phenoxy) is 1. The molecular weight excluding hydrogens is 357 g/mol. The molecular formula is C15H9ClF5NO2. The molecule has 0 heterocycles. The molecule has 1 amide bonds. The summed E-state index contributed by atoms with van der Waals surface area (Å²) in [4.78, 5) is 12.0. The Bertz CT molecular complexity index is 749. The van der Waals surface area contributed by atoms with E-state index in [2.05, 4.69) is 10.1 Å². The monoisotopic (exact) mass is 365 g/mol. The molecule has 0 spiro atoms. The van der Waals surface area contributed by atoms with Crippen LogP contribution in [0.2, 0.25) is 5.02 Å². The van der Waals surface area contributed by atoms with Crippen molar-refractivity contribution in [3.05, 3.63) is 58.6 Å². The quantitative estimate of drug-likeness (QED) is 0.755. The number of benzene rings is 2. The first-order chi connectivity index (χ1) is 11.2. The Morgan fingerprint density at radius 1 is 1.12 bits per heavy atom. The summed E-state index contributed by atoms with van der Waals surface area (Å²) in [5, 5.41) is 2.14. The van der Waals surface area contributed by atoms with Crippen LogP contribution in [0.1, 0.15) is 15.9 Å². The topological polar surface area (TPSA) is 38.3 Å². The van der Waals surface area contributed by atoms with Crippen LogP contribution in [0.25, 0.3) is 0 Å². The smallest absolute Gasteiger partial charge is 0.416 e. The van der Waals surface area contributed by atoms with Crippen molar-refractivity contribution >= 4 is 23.2 Å². The molecule has 0 aliphatic carbocycles. The number of halogens is 6. The molecule has 0 atom stereocenters. The number of anilines is 1.